The summed E-state index contributed by atoms with van der Waals surface area (Å²) in [7, 11) is -9.02. The van der Waals surface area contributed by atoms with E-state index in [9.17, 15) is 25.6 Å². The maximum absolute atomic E-state index is 11.3. The maximum Gasteiger partial charge on any atom is 0.241 e. The number of nitrogens with zero attached hydrogens (tertiary/aromatic N) is 2. The van der Waals surface area contributed by atoms with Gasteiger partial charge >= 0.3 is 0 Å². The van der Waals surface area contributed by atoms with Crippen LogP contribution in [-0.4, -0.2) is 25.6 Å². The van der Waals surface area contributed by atoms with E-state index in [0.717, 1.165) is 0 Å². The van der Waals surface area contributed by atoms with Crippen LogP contribution in [0, 0.1) is 10.8 Å². The summed E-state index contributed by atoms with van der Waals surface area (Å²) >= 11 is 2.53. The third-order valence-electron chi connectivity index (χ3n) is 1.96. The molecule has 6 N–H and O–H groups in total. The SMILES string of the molecule is N#N.Nc1c(S(N)(=O)=O)cc(S(=O)[O-])c(Cl)c1S(N)(=O)=O. The predicted octanol–water partition coefficient (Wildman–Crippen LogP) is -1.51. The van der Waals surface area contributed by atoms with E-state index in [1.807, 2.05) is 0 Å². The zero-order chi connectivity index (χ0) is 17.2. The van der Waals surface area contributed by atoms with Gasteiger partial charge in [0, 0.05) is 15.7 Å². The molecular weight excluding hydrogens is 370 g/mol. The maximum atomic E-state index is 11.3. The number of sulfonamides is 2. The number of benzene rings is 1. The first-order valence-corrected chi connectivity index (χ1v) is 8.88. The van der Waals surface area contributed by atoms with Crippen molar-refractivity contribution < 1.29 is 25.6 Å². The monoisotopic (exact) mass is 376 g/mol. The second kappa shape index (κ2) is 6.62. The van der Waals surface area contributed by atoms with Crippen molar-refractivity contribution in [2.24, 2.45) is 10.3 Å². The molecule has 0 saturated carbocycles. The van der Waals surface area contributed by atoms with E-state index < -0.39 is 56.5 Å². The van der Waals surface area contributed by atoms with Gasteiger partial charge in [0.2, 0.25) is 20.0 Å². The fourth-order valence-electron chi connectivity index (χ4n) is 1.24. The highest BCUT2D eigenvalue weighted by molar-refractivity contribution is 7.90. The van der Waals surface area contributed by atoms with Gasteiger partial charge in [0.25, 0.3) is 0 Å². The summed E-state index contributed by atoms with van der Waals surface area (Å²) < 4.78 is 66.9. The Balaban J connectivity index is 0.00000191. The highest BCUT2D eigenvalue weighted by Crippen LogP contribution is 2.36. The average molecular weight is 377 g/mol. The Morgan fingerprint density at radius 1 is 1.14 bits per heavy atom. The minimum atomic E-state index is -4.55. The molecule has 0 aliphatic rings. The van der Waals surface area contributed by atoms with E-state index >= 15 is 0 Å². The van der Waals surface area contributed by atoms with Crippen LogP contribution in [0.25, 0.3) is 0 Å². The smallest absolute Gasteiger partial charge is 0.241 e. The minimum Gasteiger partial charge on any atom is -0.768 e. The van der Waals surface area contributed by atoms with Crippen LogP contribution in [-0.2, 0) is 31.1 Å². The van der Waals surface area contributed by atoms with Crippen LogP contribution in [0.4, 0.5) is 5.69 Å². The molecule has 1 unspecified atom stereocenters. The van der Waals surface area contributed by atoms with Crippen molar-refractivity contribution in [3.05, 3.63) is 11.1 Å². The average Bonchev–Trinajstić information content (AvgIpc) is 2.27. The van der Waals surface area contributed by atoms with Crippen LogP contribution in [0.1, 0.15) is 0 Å². The third-order valence-corrected chi connectivity index (χ3v) is 5.20. The fraction of sp³-hybridized carbons (Fsp3) is 0. The molecule has 11 nitrogen and oxygen atoms in total. The lowest BCUT2D eigenvalue weighted by molar-refractivity contribution is 0.536. The molecule has 1 aromatic rings. The Morgan fingerprint density at radius 2 is 1.57 bits per heavy atom. The summed E-state index contributed by atoms with van der Waals surface area (Å²) in [6.07, 6.45) is 0. The predicted molar refractivity (Wildman–Crippen MR) is 69.2 cm³/mol. The Hall–Kier alpha value is -1.34. The molecule has 118 valence electrons. The highest BCUT2D eigenvalue weighted by atomic mass is 35.5. The quantitative estimate of drug-likeness (QED) is 0.315. The van der Waals surface area contributed by atoms with Crippen LogP contribution >= 0.6 is 11.6 Å². The molecule has 0 aliphatic heterocycles. The van der Waals surface area contributed by atoms with Gasteiger partial charge in [-0.1, -0.05) is 11.6 Å². The number of primary sulfonamides is 2. The number of hydrogen-bond donors (Lipinski definition) is 3. The second-order valence-electron chi connectivity index (χ2n) is 3.25. The zero-order valence-corrected chi connectivity index (χ0v) is 13.0. The molecule has 15 heteroatoms. The summed E-state index contributed by atoms with van der Waals surface area (Å²) in [4.78, 5) is -2.72. The lowest BCUT2D eigenvalue weighted by atomic mass is 10.3. The molecule has 21 heavy (non-hydrogen) atoms. The number of halogens is 1. The summed E-state index contributed by atoms with van der Waals surface area (Å²) in [5.74, 6) is 0. The molecule has 0 saturated heterocycles. The lowest BCUT2D eigenvalue weighted by Crippen LogP contribution is -2.21. The van der Waals surface area contributed by atoms with E-state index in [2.05, 4.69) is 0 Å². The molecule has 0 amide bonds. The summed E-state index contributed by atoms with van der Waals surface area (Å²) in [6, 6.07) is 0.546. The molecule has 0 heterocycles. The van der Waals surface area contributed by atoms with Crippen LogP contribution in [0.15, 0.2) is 20.8 Å². The molecule has 0 aromatic heterocycles. The van der Waals surface area contributed by atoms with Crippen molar-refractivity contribution in [3.8, 4) is 0 Å². The molecule has 0 bridgehead atoms. The summed E-state index contributed by atoms with van der Waals surface area (Å²) in [6.45, 7) is 0. The molecule has 0 radical (unpaired) electrons. The molecular formula is C6H7ClN5O6S3-. The normalized spacial score (nSPS) is 13.0. The van der Waals surface area contributed by atoms with Crippen molar-refractivity contribution in [3.63, 3.8) is 0 Å². The van der Waals surface area contributed by atoms with E-state index in [1.54, 1.807) is 0 Å². The number of nitrogen functional groups attached to an aromatic ring is 1. The third kappa shape index (κ3) is 4.31. The summed E-state index contributed by atoms with van der Waals surface area (Å²) in [5.41, 5.74) is 4.48. The van der Waals surface area contributed by atoms with Gasteiger partial charge in [-0.2, -0.15) is 0 Å². The number of hydrogen-bond acceptors (Lipinski definition) is 9. The molecule has 1 aromatic carbocycles. The van der Waals surface area contributed by atoms with Gasteiger partial charge in [0.15, 0.2) is 0 Å². The number of anilines is 1. The lowest BCUT2D eigenvalue weighted by Gasteiger charge is -2.15. The first-order chi connectivity index (χ1) is 9.37. The van der Waals surface area contributed by atoms with Crippen LogP contribution < -0.4 is 16.0 Å². The summed E-state index contributed by atoms with van der Waals surface area (Å²) in [5, 5.41) is 20.8. The van der Waals surface area contributed by atoms with Crippen molar-refractivity contribution in [1.82, 2.24) is 0 Å². The Kier molecular flexibility index (Phi) is 6.19. The van der Waals surface area contributed by atoms with Gasteiger partial charge in [-0.3, -0.25) is 4.21 Å². The minimum absolute atomic E-state index is 0.546. The van der Waals surface area contributed by atoms with Gasteiger partial charge in [-0.25, -0.2) is 27.1 Å². The molecule has 1 atom stereocenters. The Morgan fingerprint density at radius 3 is 1.86 bits per heavy atom. The van der Waals surface area contributed by atoms with Gasteiger partial charge < -0.3 is 10.3 Å². The fourth-order valence-corrected chi connectivity index (χ4v) is 4.04. The zero-order valence-electron chi connectivity index (χ0n) is 9.76. The van der Waals surface area contributed by atoms with Gasteiger partial charge in [-0.05, 0) is 17.1 Å². The van der Waals surface area contributed by atoms with Gasteiger partial charge in [0.05, 0.1) is 10.7 Å². The topological polar surface area (TPSA) is 234 Å². The molecule has 0 aliphatic carbocycles. The van der Waals surface area contributed by atoms with Crippen molar-refractivity contribution >= 4 is 48.4 Å². The molecule has 1 rings (SSSR count). The van der Waals surface area contributed by atoms with Crippen molar-refractivity contribution in [2.75, 3.05) is 5.73 Å². The van der Waals surface area contributed by atoms with Crippen molar-refractivity contribution in [2.45, 2.75) is 14.7 Å². The van der Waals surface area contributed by atoms with E-state index in [4.69, 9.17) is 38.4 Å². The van der Waals surface area contributed by atoms with Crippen LogP contribution in [0.5, 0.6) is 0 Å². The highest BCUT2D eigenvalue weighted by Gasteiger charge is 2.27. The first-order valence-electron chi connectivity index (χ1n) is 4.34. The first kappa shape index (κ1) is 19.7. The second-order valence-corrected chi connectivity index (χ2v) is 7.57. The van der Waals surface area contributed by atoms with Crippen LogP contribution in [0.3, 0.4) is 0 Å². The van der Waals surface area contributed by atoms with E-state index in [1.165, 1.54) is 0 Å². The molecule has 0 spiro atoms. The molecule has 0 fully saturated rings. The largest absolute Gasteiger partial charge is 0.768 e. The number of nitrogens with two attached hydrogens (primary N) is 3. The van der Waals surface area contributed by atoms with Crippen LogP contribution in [0.2, 0.25) is 5.02 Å². The van der Waals surface area contributed by atoms with Gasteiger partial charge in [0.1, 0.15) is 9.79 Å². The van der Waals surface area contributed by atoms with E-state index in [0.29, 0.717) is 6.07 Å². The van der Waals surface area contributed by atoms with E-state index in [-0.39, 0.29) is 0 Å². The Bertz CT molecular complexity index is 817. The number of rotatable bonds is 3. The Labute approximate surface area is 126 Å². The standard InChI is InChI=1S/C6H8ClN3O6S3.N2/c7-4-2(17(11)12)1-3(18(9,13)14)5(8)6(4)19(10,15)16;1-2/h1H,8H2,(H,11,12)(H2,9,13,14)(H2,10,15,16);/p-1. The van der Waals surface area contributed by atoms with Gasteiger partial charge in [-0.15, -0.1) is 0 Å². The van der Waals surface area contributed by atoms with Crippen molar-refractivity contribution in [1.29, 1.82) is 10.8 Å².